The highest BCUT2D eigenvalue weighted by Crippen LogP contribution is 2.44. The van der Waals surface area contributed by atoms with E-state index in [-0.39, 0.29) is 11.4 Å². The van der Waals surface area contributed by atoms with Crippen molar-refractivity contribution in [1.29, 1.82) is 0 Å². The molecule has 3 aromatic carbocycles. The van der Waals surface area contributed by atoms with Crippen molar-refractivity contribution in [3.63, 3.8) is 0 Å². The molecular weight excluding hydrogens is 490 g/mol. The minimum Gasteiger partial charge on any atom is -0.497 e. The number of benzene rings is 3. The number of amides is 1. The number of carbonyl (C=O) groups is 1. The highest BCUT2D eigenvalue weighted by Gasteiger charge is 2.36. The number of thioether (sulfide) groups is 1. The van der Waals surface area contributed by atoms with Crippen LogP contribution in [0.1, 0.15) is 56.7 Å². The average molecular weight is 526 g/mol. The summed E-state index contributed by atoms with van der Waals surface area (Å²) in [6.45, 7) is 10.6. The summed E-state index contributed by atoms with van der Waals surface area (Å²) in [5, 5.41) is 0.688. The summed E-state index contributed by atoms with van der Waals surface area (Å²) in [5.41, 5.74) is 5.68. The Labute approximate surface area is 230 Å². The van der Waals surface area contributed by atoms with E-state index in [1.807, 2.05) is 60.7 Å². The van der Waals surface area contributed by atoms with Gasteiger partial charge in [-0.1, -0.05) is 43.3 Å². The predicted octanol–water partition coefficient (Wildman–Crippen LogP) is 7.61. The van der Waals surface area contributed by atoms with Gasteiger partial charge in [-0.3, -0.25) is 9.69 Å². The zero-order valence-electron chi connectivity index (χ0n) is 22.8. The van der Waals surface area contributed by atoms with E-state index in [2.05, 4.69) is 50.8 Å². The summed E-state index contributed by atoms with van der Waals surface area (Å²) in [6.07, 6.45) is 3.12. The Morgan fingerprint density at radius 1 is 1.08 bits per heavy atom. The van der Waals surface area contributed by atoms with Crippen molar-refractivity contribution in [2.75, 3.05) is 18.6 Å². The van der Waals surface area contributed by atoms with E-state index < -0.39 is 0 Å². The molecule has 1 fully saturated rings. The fourth-order valence-electron chi connectivity index (χ4n) is 5.61. The first-order valence-electron chi connectivity index (χ1n) is 13.2. The molecule has 6 heteroatoms. The Morgan fingerprint density at radius 2 is 1.82 bits per heavy atom. The number of fused-ring (bicyclic) bond motifs is 1. The smallest absolute Gasteiger partial charge is 0.267 e. The number of carbonyl (C=O) groups excluding carboxylic acids is 1. The molecule has 0 aliphatic carbocycles. The second kappa shape index (κ2) is 10.7. The third-order valence-corrected chi connectivity index (χ3v) is 8.40. The lowest BCUT2D eigenvalue weighted by molar-refractivity contribution is -0.122. The Balaban J connectivity index is 1.48. The molecule has 0 saturated carbocycles. The van der Waals surface area contributed by atoms with Crippen LogP contribution in [-0.2, 0) is 11.3 Å². The van der Waals surface area contributed by atoms with Gasteiger partial charge in [0.1, 0.15) is 5.75 Å². The molecule has 0 bridgehead atoms. The SMILES string of the molecule is CCN1c2ccc(/C=C3/SC(=Nc4ccccc4)N(Cc4ccc(OC)cc4)C3=O)cc2C(C)CC1(C)C. The molecule has 2 aliphatic heterocycles. The molecule has 1 saturated heterocycles. The monoisotopic (exact) mass is 525 g/mol. The normalized spacial score (nSPS) is 20.8. The minimum atomic E-state index is -0.0254. The van der Waals surface area contributed by atoms with E-state index in [1.54, 1.807) is 12.0 Å². The van der Waals surface area contributed by atoms with E-state index in [9.17, 15) is 4.79 Å². The maximum absolute atomic E-state index is 13.7. The van der Waals surface area contributed by atoms with Crippen LogP contribution < -0.4 is 9.64 Å². The Bertz CT molecular complexity index is 1380. The second-order valence-electron chi connectivity index (χ2n) is 10.6. The third-order valence-electron chi connectivity index (χ3n) is 7.39. The van der Waals surface area contributed by atoms with Crippen LogP contribution in [0, 0.1) is 0 Å². The fraction of sp³-hybridized carbons (Fsp3) is 0.312. The molecule has 3 aromatic rings. The van der Waals surface area contributed by atoms with Crippen molar-refractivity contribution in [1.82, 2.24) is 4.90 Å². The zero-order valence-corrected chi connectivity index (χ0v) is 23.6. The molecule has 5 nitrogen and oxygen atoms in total. The van der Waals surface area contributed by atoms with Gasteiger partial charge in [-0.2, -0.15) is 0 Å². The van der Waals surface area contributed by atoms with Crippen LogP contribution in [0.15, 0.2) is 82.7 Å². The standard InChI is InChI=1S/C32H35N3O2S/c1-6-35-28-17-14-24(18-27(28)22(2)20-32(35,3)4)19-29-30(36)34(21-23-12-15-26(37-5)16-13-23)31(38-29)33-25-10-8-7-9-11-25/h7-19,22H,6,20-21H2,1-5H3/b29-19+,33-31?. The van der Waals surface area contributed by atoms with Crippen LogP contribution in [0.25, 0.3) is 6.08 Å². The number of amidine groups is 1. The maximum atomic E-state index is 13.7. The van der Waals surface area contributed by atoms with E-state index >= 15 is 0 Å². The molecule has 0 spiro atoms. The molecule has 196 valence electrons. The second-order valence-corrected chi connectivity index (χ2v) is 11.6. The van der Waals surface area contributed by atoms with Gasteiger partial charge in [-0.05, 0) is 104 Å². The summed E-state index contributed by atoms with van der Waals surface area (Å²) in [7, 11) is 1.65. The molecule has 1 atom stereocenters. The van der Waals surface area contributed by atoms with Crippen LogP contribution in [0.5, 0.6) is 5.75 Å². The maximum Gasteiger partial charge on any atom is 0.267 e. The molecule has 2 heterocycles. The van der Waals surface area contributed by atoms with Crippen LogP contribution in [0.4, 0.5) is 11.4 Å². The largest absolute Gasteiger partial charge is 0.497 e. The lowest BCUT2D eigenvalue weighted by atomic mass is 9.79. The van der Waals surface area contributed by atoms with E-state index in [1.165, 1.54) is 23.0 Å². The number of rotatable bonds is 6. The van der Waals surface area contributed by atoms with Gasteiger partial charge in [-0.15, -0.1) is 0 Å². The first-order valence-corrected chi connectivity index (χ1v) is 14.0. The molecule has 1 amide bonds. The Hall–Kier alpha value is -3.51. The number of methoxy groups -OCH3 is 1. The molecule has 2 aliphatic rings. The van der Waals surface area contributed by atoms with Crippen molar-refractivity contribution >= 4 is 40.3 Å². The quantitative estimate of drug-likeness (QED) is 0.311. The minimum absolute atomic E-state index is 0.0254. The van der Waals surface area contributed by atoms with Crippen LogP contribution in [0.3, 0.4) is 0 Å². The van der Waals surface area contributed by atoms with E-state index in [4.69, 9.17) is 9.73 Å². The summed E-state index contributed by atoms with van der Waals surface area (Å²) in [4.78, 5) is 23.5. The number of para-hydroxylation sites is 1. The van der Waals surface area contributed by atoms with Gasteiger partial charge in [0, 0.05) is 17.8 Å². The predicted molar refractivity (Wildman–Crippen MR) is 159 cm³/mol. The van der Waals surface area contributed by atoms with Crippen molar-refractivity contribution in [2.45, 2.75) is 52.1 Å². The molecule has 5 rings (SSSR count). The van der Waals surface area contributed by atoms with Gasteiger partial charge in [0.05, 0.1) is 24.2 Å². The van der Waals surface area contributed by atoms with Crippen molar-refractivity contribution < 1.29 is 9.53 Å². The number of aliphatic imine (C=N–C) groups is 1. The Kier molecular flexibility index (Phi) is 7.35. The van der Waals surface area contributed by atoms with Crippen molar-refractivity contribution in [3.8, 4) is 5.75 Å². The van der Waals surface area contributed by atoms with Gasteiger partial charge in [0.2, 0.25) is 0 Å². The summed E-state index contributed by atoms with van der Waals surface area (Å²) in [6, 6.07) is 24.2. The molecule has 1 unspecified atom stereocenters. The van der Waals surface area contributed by atoms with E-state index in [0.717, 1.165) is 35.5 Å². The number of hydrogen-bond acceptors (Lipinski definition) is 5. The van der Waals surface area contributed by atoms with Crippen molar-refractivity contribution in [3.05, 3.63) is 94.4 Å². The summed E-state index contributed by atoms with van der Waals surface area (Å²) in [5.74, 6) is 1.22. The molecule has 38 heavy (non-hydrogen) atoms. The third kappa shape index (κ3) is 5.23. The number of anilines is 1. The lowest BCUT2D eigenvalue weighted by Gasteiger charge is -2.47. The fourth-order valence-corrected chi connectivity index (χ4v) is 6.60. The van der Waals surface area contributed by atoms with Gasteiger partial charge >= 0.3 is 0 Å². The summed E-state index contributed by atoms with van der Waals surface area (Å²) < 4.78 is 5.30. The van der Waals surface area contributed by atoms with Crippen LogP contribution >= 0.6 is 11.8 Å². The van der Waals surface area contributed by atoms with E-state index in [0.29, 0.717) is 22.5 Å². The van der Waals surface area contributed by atoms with Gasteiger partial charge < -0.3 is 9.64 Å². The lowest BCUT2D eigenvalue weighted by Crippen LogP contribution is -2.48. The number of nitrogens with zero attached hydrogens (tertiary/aromatic N) is 3. The van der Waals surface area contributed by atoms with Crippen LogP contribution in [-0.4, -0.2) is 35.2 Å². The average Bonchev–Trinajstić information content (AvgIpc) is 3.18. The number of ether oxygens (including phenoxy) is 1. The molecule has 0 radical (unpaired) electrons. The molecule has 0 aromatic heterocycles. The first kappa shape index (κ1) is 26.1. The zero-order chi connectivity index (χ0) is 26.9. The summed E-state index contributed by atoms with van der Waals surface area (Å²) >= 11 is 1.44. The van der Waals surface area contributed by atoms with Crippen LogP contribution in [0.2, 0.25) is 0 Å². The molecule has 0 N–H and O–H groups in total. The van der Waals surface area contributed by atoms with Gasteiger partial charge in [0.15, 0.2) is 5.17 Å². The number of hydrogen-bond donors (Lipinski definition) is 0. The van der Waals surface area contributed by atoms with Crippen molar-refractivity contribution in [2.24, 2.45) is 4.99 Å². The Morgan fingerprint density at radius 3 is 2.50 bits per heavy atom. The molecular formula is C32H35N3O2S. The van der Waals surface area contributed by atoms with Gasteiger partial charge in [0.25, 0.3) is 5.91 Å². The van der Waals surface area contributed by atoms with Gasteiger partial charge in [-0.25, -0.2) is 4.99 Å². The first-order chi connectivity index (χ1) is 18.3. The highest BCUT2D eigenvalue weighted by molar-refractivity contribution is 8.18. The highest BCUT2D eigenvalue weighted by atomic mass is 32.2. The topological polar surface area (TPSA) is 45.1 Å².